The van der Waals surface area contributed by atoms with Crippen LogP contribution in [-0.2, 0) is 15.9 Å². The summed E-state index contributed by atoms with van der Waals surface area (Å²) in [7, 11) is 0. The van der Waals surface area contributed by atoms with Crippen molar-refractivity contribution in [2.75, 3.05) is 23.4 Å². The van der Waals surface area contributed by atoms with E-state index in [1.54, 1.807) is 77.0 Å². The molecule has 0 unspecified atom stereocenters. The first-order valence-electron chi connectivity index (χ1n) is 15.8. The number of halogens is 3. The van der Waals surface area contributed by atoms with Crippen LogP contribution in [0.3, 0.4) is 0 Å². The minimum Gasteiger partial charge on any atom is -0.444 e. The van der Waals surface area contributed by atoms with Gasteiger partial charge in [-0.2, -0.15) is 5.26 Å². The van der Waals surface area contributed by atoms with Crippen molar-refractivity contribution in [1.82, 2.24) is 9.88 Å². The number of carbonyl (C=O) groups is 2. The summed E-state index contributed by atoms with van der Waals surface area (Å²) in [6.07, 6.45) is 2.11. The van der Waals surface area contributed by atoms with E-state index in [9.17, 15) is 14.9 Å². The van der Waals surface area contributed by atoms with Crippen LogP contribution in [0, 0.1) is 23.1 Å². The van der Waals surface area contributed by atoms with Gasteiger partial charge in [0, 0.05) is 29.5 Å². The van der Waals surface area contributed by atoms with Crippen LogP contribution in [0.1, 0.15) is 66.4 Å². The lowest BCUT2D eigenvalue weighted by atomic mass is 9.92. The number of nitrogen functional groups attached to an aromatic ring is 1. The molecule has 2 heterocycles. The first kappa shape index (κ1) is 35.8. The van der Waals surface area contributed by atoms with Gasteiger partial charge in [-0.05, 0) is 90.7 Å². The van der Waals surface area contributed by atoms with Gasteiger partial charge >= 0.3 is 12.2 Å². The number of aryl methyl sites for hydroxylation is 1. The van der Waals surface area contributed by atoms with Crippen molar-refractivity contribution >= 4 is 69.4 Å². The number of likely N-dealkylation sites (tertiary alicyclic amines) is 1. The number of nitrogens with two attached hydrogens (primary N) is 1. The topological polar surface area (TPSA) is 122 Å². The summed E-state index contributed by atoms with van der Waals surface area (Å²) in [4.78, 5) is 35.5. The number of fused-ring (bicyclic) bond motifs is 3. The maximum absolute atomic E-state index is 17.1. The molecular weight excluding hydrogens is 676 g/mol. The summed E-state index contributed by atoms with van der Waals surface area (Å²) in [6, 6.07) is 7.85. The second kappa shape index (κ2) is 13.4. The fourth-order valence-corrected chi connectivity index (χ4v) is 7.58. The number of ether oxygens (including phenoxy) is 2. The third-order valence-corrected chi connectivity index (χ3v) is 9.95. The van der Waals surface area contributed by atoms with Crippen LogP contribution in [0.2, 0.25) is 10.0 Å². The molecular formula is C35H40Cl2FN5O4S. The van der Waals surface area contributed by atoms with Crippen molar-refractivity contribution in [1.29, 1.82) is 5.26 Å². The molecule has 256 valence electrons. The third kappa shape index (κ3) is 6.98. The van der Waals surface area contributed by atoms with Crippen LogP contribution < -0.4 is 10.6 Å². The highest BCUT2D eigenvalue weighted by Crippen LogP contribution is 2.49. The van der Waals surface area contributed by atoms with Gasteiger partial charge in [-0.3, -0.25) is 4.90 Å². The normalized spacial score (nSPS) is 19.0. The van der Waals surface area contributed by atoms with Crippen molar-refractivity contribution in [3.8, 4) is 17.2 Å². The quantitative estimate of drug-likeness (QED) is 0.251. The first-order chi connectivity index (χ1) is 22.5. The monoisotopic (exact) mass is 715 g/mol. The van der Waals surface area contributed by atoms with Crippen molar-refractivity contribution in [3.63, 3.8) is 0 Å². The molecule has 1 aromatic heterocycles. The number of nitriles is 1. The summed E-state index contributed by atoms with van der Waals surface area (Å²) in [5, 5.41) is 10.5. The number of anilines is 2. The third-order valence-electron chi connectivity index (χ3n) is 8.44. The van der Waals surface area contributed by atoms with E-state index in [0.29, 0.717) is 35.5 Å². The molecule has 1 aliphatic heterocycles. The molecule has 0 spiro atoms. The Labute approximate surface area is 294 Å². The molecule has 48 heavy (non-hydrogen) atoms. The Kier molecular flexibility index (Phi) is 10.0. The van der Waals surface area contributed by atoms with Gasteiger partial charge in [-0.15, -0.1) is 11.8 Å². The van der Waals surface area contributed by atoms with Crippen LogP contribution in [0.5, 0.6) is 0 Å². The number of amides is 2. The van der Waals surface area contributed by atoms with Crippen LogP contribution in [0.4, 0.5) is 25.4 Å². The summed E-state index contributed by atoms with van der Waals surface area (Å²) in [5.74, 6) is -0.583. The summed E-state index contributed by atoms with van der Waals surface area (Å²) in [6.45, 7) is 11.2. The Morgan fingerprint density at radius 3 is 2.46 bits per heavy atom. The molecule has 5 rings (SSSR count). The zero-order chi connectivity index (χ0) is 35.3. The van der Waals surface area contributed by atoms with E-state index in [-0.39, 0.29) is 56.6 Å². The van der Waals surface area contributed by atoms with E-state index in [0.717, 1.165) is 0 Å². The van der Waals surface area contributed by atoms with E-state index in [1.807, 2.05) is 0 Å². The molecule has 2 N–H and O–H groups in total. The molecule has 3 aromatic rings. The average Bonchev–Trinajstić information content (AvgIpc) is 3.59. The Morgan fingerprint density at radius 2 is 1.85 bits per heavy atom. The predicted octanol–water partition coefficient (Wildman–Crippen LogP) is 9.25. The molecule has 2 aromatic carbocycles. The number of thioether (sulfide) groups is 1. The number of carbonyl (C=O) groups excluding carboxylic acids is 2. The van der Waals surface area contributed by atoms with Gasteiger partial charge in [-0.25, -0.2) is 19.0 Å². The predicted molar refractivity (Wildman–Crippen MR) is 189 cm³/mol. The maximum Gasteiger partial charge on any atom is 0.415 e. The van der Waals surface area contributed by atoms with Gasteiger partial charge in [0.05, 0.1) is 39.6 Å². The highest BCUT2D eigenvalue weighted by atomic mass is 35.5. The lowest BCUT2D eigenvalue weighted by Gasteiger charge is -2.41. The number of benzene rings is 2. The van der Waals surface area contributed by atoms with E-state index < -0.39 is 41.3 Å². The molecule has 2 amide bonds. The molecule has 2 fully saturated rings. The Hall–Kier alpha value is -3.46. The molecule has 3 atom stereocenters. The van der Waals surface area contributed by atoms with Crippen molar-refractivity contribution < 1.29 is 23.5 Å². The van der Waals surface area contributed by atoms with E-state index >= 15 is 4.39 Å². The van der Waals surface area contributed by atoms with Gasteiger partial charge in [0.1, 0.15) is 21.7 Å². The van der Waals surface area contributed by atoms with Crippen LogP contribution >= 0.6 is 35.0 Å². The molecule has 1 saturated heterocycles. The number of hydrogen-bond donors (Lipinski definition) is 1. The number of pyridine rings is 1. The van der Waals surface area contributed by atoms with Crippen LogP contribution in [0.25, 0.3) is 22.0 Å². The highest BCUT2D eigenvalue weighted by molar-refractivity contribution is 7.98. The van der Waals surface area contributed by atoms with Gasteiger partial charge in [0.2, 0.25) is 0 Å². The fourth-order valence-electron chi connectivity index (χ4n) is 6.68. The lowest BCUT2D eigenvalue weighted by Crippen LogP contribution is -2.55. The minimum absolute atomic E-state index is 0.0315. The second-order valence-corrected chi connectivity index (χ2v) is 15.8. The second-order valence-electron chi connectivity index (χ2n) is 14.2. The maximum atomic E-state index is 17.1. The van der Waals surface area contributed by atoms with E-state index in [1.165, 1.54) is 16.7 Å². The smallest absolute Gasteiger partial charge is 0.415 e. The number of rotatable bonds is 6. The standard InChI is InChI=1S/C35H40Cl2FN5O4S/c1-34(2,3)46-32(44)42-17-18-14-23(42)24(15-18)43(33(45)47-35(4,5)6)30-21-16-19(10-9-13-39)25(20-11-8-12-22(36)26(20)37)27(38)29(21)41-31(48-7)28(30)40/h8,11-12,16,18,23-24H,9-10,14-15,17,40H2,1-7H3/t18-,23+,24-/m0/s1. The van der Waals surface area contributed by atoms with Gasteiger partial charge in [0.15, 0.2) is 5.82 Å². The van der Waals surface area contributed by atoms with Crippen LogP contribution in [0.15, 0.2) is 29.3 Å². The SMILES string of the molecule is CSc1nc2c(F)c(-c3cccc(Cl)c3Cl)c(CCC#N)cc2c(N(C(=O)OC(C)(C)C)[C@H]2C[C@@H]3C[C@H]2N(C(=O)OC(C)(C)C)C3)c1N. The molecule has 1 saturated carbocycles. The largest absolute Gasteiger partial charge is 0.444 e. The highest BCUT2D eigenvalue weighted by Gasteiger charge is 2.52. The van der Waals surface area contributed by atoms with Crippen LogP contribution in [-0.4, -0.2) is 58.2 Å². The molecule has 13 heteroatoms. The van der Waals surface area contributed by atoms with Gasteiger partial charge in [0.25, 0.3) is 0 Å². The molecule has 1 aliphatic carbocycles. The number of piperidine rings is 1. The Morgan fingerprint density at radius 1 is 1.17 bits per heavy atom. The number of nitrogens with zero attached hydrogens (tertiary/aromatic N) is 4. The first-order valence-corrected chi connectivity index (χ1v) is 17.8. The molecule has 0 radical (unpaired) electrons. The summed E-state index contributed by atoms with van der Waals surface area (Å²) < 4.78 is 28.8. The average molecular weight is 717 g/mol. The Balaban J connectivity index is 1.79. The lowest BCUT2D eigenvalue weighted by molar-refractivity contribution is 0.0154. The molecule has 2 bridgehead atoms. The number of aromatic nitrogens is 1. The molecule has 9 nitrogen and oxygen atoms in total. The Bertz CT molecular complexity index is 1820. The summed E-state index contributed by atoms with van der Waals surface area (Å²) >= 11 is 14.2. The fraction of sp³-hybridized carbons (Fsp3) is 0.486. The minimum atomic E-state index is -0.878. The van der Waals surface area contributed by atoms with Crippen molar-refractivity contribution in [2.45, 2.75) is 95.5 Å². The molecule has 2 aliphatic rings. The zero-order valence-corrected chi connectivity index (χ0v) is 30.4. The summed E-state index contributed by atoms with van der Waals surface area (Å²) in [5.41, 5.74) is 6.63. The zero-order valence-electron chi connectivity index (χ0n) is 28.1. The van der Waals surface area contributed by atoms with Crippen molar-refractivity contribution in [3.05, 3.63) is 45.7 Å². The van der Waals surface area contributed by atoms with E-state index in [2.05, 4.69) is 11.1 Å². The van der Waals surface area contributed by atoms with Gasteiger partial charge < -0.3 is 20.1 Å². The van der Waals surface area contributed by atoms with Crippen molar-refractivity contribution in [2.24, 2.45) is 5.92 Å². The number of hydrogen-bond acceptors (Lipinski definition) is 8. The van der Waals surface area contributed by atoms with Gasteiger partial charge in [-0.1, -0.05) is 35.3 Å². The van der Waals surface area contributed by atoms with E-state index in [4.69, 9.17) is 38.4 Å².